The second-order valence-corrected chi connectivity index (χ2v) is 5.82. The van der Waals surface area contributed by atoms with Crippen LogP contribution in [0, 0.1) is 0 Å². The number of hydrogen-bond acceptors (Lipinski definition) is 2. The van der Waals surface area contributed by atoms with Gasteiger partial charge in [0.05, 0.1) is 0 Å². The fourth-order valence-electron chi connectivity index (χ4n) is 2.42. The van der Waals surface area contributed by atoms with Crippen molar-refractivity contribution in [3.63, 3.8) is 0 Å². The Balaban J connectivity index is 2.54. The van der Waals surface area contributed by atoms with E-state index in [0.29, 0.717) is 19.5 Å². The number of carbonyl (C=O) groups excluding carboxylic acids is 2. The lowest BCUT2D eigenvalue weighted by Crippen LogP contribution is -2.38. The van der Waals surface area contributed by atoms with Crippen LogP contribution in [0.1, 0.15) is 45.6 Å². The Kier molecular flexibility index (Phi) is 7.64. The van der Waals surface area contributed by atoms with Gasteiger partial charge >= 0.3 is 0 Å². The lowest BCUT2D eigenvalue weighted by Gasteiger charge is -2.27. The molecule has 1 rings (SSSR count). The molecule has 1 unspecified atom stereocenters. The molecule has 2 amide bonds. The Bertz CT molecular complexity index is 473. The van der Waals surface area contributed by atoms with Crippen LogP contribution in [0.15, 0.2) is 30.3 Å². The highest BCUT2D eigenvalue weighted by molar-refractivity contribution is 5.78. The number of amides is 2. The molecule has 0 aliphatic carbocycles. The molecule has 4 heteroatoms. The molecule has 122 valence electrons. The minimum absolute atomic E-state index is 0.000845. The van der Waals surface area contributed by atoms with Gasteiger partial charge in [-0.15, -0.1) is 0 Å². The molecule has 0 heterocycles. The third-order valence-corrected chi connectivity index (χ3v) is 4.02. The zero-order valence-electron chi connectivity index (χ0n) is 14.2. The lowest BCUT2D eigenvalue weighted by molar-refractivity contribution is -0.134. The van der Waals surface area contributed by atoms with E-state index in [1.165, 1.54) is 0 Å². The van der Waals surface area contributed by atoms with Gasteiger partial charge in [-0.05, 0) is 18.9 Å². The van der Waals surface area contributed by atoms with Crippen molar-refractivity contribution in [2.75, 3.05) is 13.6 Å². The van der Waals surface area contributed by atoms with Gasteiger partial charge in [0.15, 0.2) is 0 Å². The van der Waals surface area contributed by atoms with Gasteiger partial charge < -0.3 is 9.80 Å². The third-order valence-electron chi connectivity index (χ3n) is 4.02. The van der Waals surface area contributed by atoms with E-state index in [2.05, 4.69) is 13.8 Å². The fourth-order valence-corrected chi connectivity index (χ4v) is 2.42. The summed E-state index contributed by atoms with van der Waals surface area (Å²) >= 11 is 0. The van der Waals surface area contributed by atoms with Crippen molar-refractivity contribution in [2.45, 2.75) is 52.6 Å². The first-order valence-electron chi connectivity index (χ1n) is 8.00. The molecule has 22 heavy (non-hydrogen) atoms. The van der Waals surface area contributed by atoms with Gasteiger partial charge in [0.2, 0.25) is 11.8 Å². The number of carbonyl (C=O) groups is 2. The average Bonchev–Trinajstić information content (AvgIpc) is 2.51. The van der Waals surface area contributed by atoms with E-state index in [9.17, 15) is 9.59 Å². The normalized spacial score (nSPS) is 11.8. The molecule has 0 aliphatic rings. The Morgan fingerprint density at radius 1 is 1.18 bits per heavy atom. The fraction of sp³-hybridized carbons (Fsp3) is 0.556. The lowest BCUT2D eigenvalue weighted by atomic mass is 10.1. The van der Waals surface area contributed by atoms with Crippen LogP contribution in [0.5, 0.6) is 0 Å². The van der Waals surface area contributed by atoms with E-state index >= 15 is 0 Å². The van der Waals surface area contributed by atoms with Crippen LogP contribution in [0.4, 0.5) is 0 Å². The van der Waals surface area contributed by atoms with Crippen molar-refractivity contribution >= 4 is 11.8 Å². The number of benzene rings is 1. The summed E-state index contributed by atoms with van der Waals surface area (Å²) in [6, 6.07) is 10.1. The van der Waals surface area contributed by atoms with Gasteiger partial charge in [-0.25, -0.2) is 0 Å². The maximum Gasteiger partial charge on any atom is 0.224 e. The number of hydrogen-bond donors (Lipinski definition) is 0. The zero-order chi connectivity index (χ0) is 16.5. The molecule has 0 N–H and O–H groups in total. The van der Waals surface area contributed by atoms with Crippen molar-refractivity contribution in [1.29, 1.82) is 0 Å². The van der Waals surface area contributed by atoms with E-state index in [0.717, 1.165) is 18.4 Å². The third kappa shape index (κ3) is 5.88. The highest BCUT2D eigenvalue weighted by atomic mass is 16.2. The Labute approximate surface area is 134 Å². The highest BCUT2D eigenvalue weighted by Gasteiger charge is 2.17. The van der Waals surface area contributed by atoms with E-state index in [-0.39, 0.29) is 17.9 Å². The second-order valence-electron chi connectivity index (χ2n) is 5.82. The van der Waals surface area contributed by atoms with Crippen molar-refractivity contribution in [2.24, 2.45) is 0 Å². The standard InChI is InChI=1S/C18H28N2O2/c1-5-9-15(2)19(4)18(22)12-13-20(16(3)21)14-17-10-7-6-8-11-17/h6-8,10-11,15H,5,9,12-14H2,1-4H3. The average molecular weight is 304 g/mol. The van der Waals surface area contributed by atoms with Gasteiger partial charge in [-0.3, -0.25) is 9.59 Å². The Hall–Kier alpha value is -1.84. The maximum absolute atomic E-state index is 12.2. The first kappa shape index (κ1) is 18.2. The molecule has 1 atom stereocenters. The maximum atomic E-state index is 12.2. The molecule has 4 nitrogen and oxygen atoms in total. The summed E-state index contributed by atoms with van der Waals surface area (Å²) in [5.41, 5.74) is 1.08. The van der Waals surface area contributed by atoms with Crippen molar-refractivity contribution in [1.82, 2.24) is 9.80 Å². The molecule has 0 saturated carbocycles. The molecule has 0 spiro atoms. The molecule has 0 aliphatic heterocycles. The van der Waals surface area contributed by atoms with Crippen molar-refractivity contribution in [3.8, 4) is 0 Å². The molecule has 0 radical (unpaired) electrons. The summed E-state index contributed by atoms with van der Waals surface area (Å²) in [5, 5.41) is 0. The van der Waals surface area contributed by atoms with Crippen LogP contribution in [-0.4, -0.2) is 41.2 Å². The Morgan fingerprint density at radius 3 is 2.36 bits per heavy atom. The monoisotopic (exact) mass is 304 g/mol. The summed E-state index contributed by atoms with van der Waals surface area (Å²) in [6.07, 6.45) is 2.44. The zero-order valence-corrected chi connectivity index (χ0v) is 14.2. The Morgan fingerprint density at radius 2 is 1.82 bits per heavy atom. The first-order chi connectivity index (χ1) is 10.5. The summed E-state index contributed by atoms with van der Waals surface area (Å²) in [4.78, 5) is 27.5. The van der Waals surface area contributed by atoms with Crippen molar-refractivity contribution < 1.29 is 9.59 Å². The van der Waals surface area contributed by atoms with Crippen LogP contribution in [0.25, 0.3) is 0 Å². The van der Waals surface area contributed by atoms with Crippen molar-refractivity contribution in [3.05, 3.63) is 35.9 Å². The summed E-state index contributed by atoms with van der Waals surface area (Å²) in [6.45, 7) is 6.75. The molecule has 0 bridgehead atoms. The predicted molar refractivity (Wildman–Crippen MR) is 89.3 cm³/mol. The molecule has 1 aromatic carbocycles. The minimum Gasteiger partial charge on any atom is -0.343 e. The number of nitrogens with zero attached hydrogens (tertiary/aromatic N) is 2. The molecule has 0 saturated heterocycles. The largest absolute Gasteiger partial charge is 0.343 e. The van der Waals surface area contributed by atoms with Crippen LogP contribution >= 0.6 is 0 Å². The second kappa shape index (κ2) is 9.23. The topological polar surface area (TPSA) is 40.6 Å². The minimum atomic E-state index is 0.000845. The smallest absolute Gasteiger partial charge is 0.224 e. The molecule has 1 aromatic rings. The molecule has 0 fully saturated rings. The van der Waals surface area contributed by atoms with E-state index in [1.54, 1.807) is 16.7 Å². The molecular weight excluding hydrogens is 276 g/mol. The van der Waals surface area contributed by atoms with Gasteiger partial charge in [-0.1, -0.05) is 43.7 Å². The van der Waals surface area contributed by atoms with E-state index < -0.39 is 0 Å². The van der Waals surface area contributed by atoms with Gasteiger partial charge in [0, 0.05) is 39.5 Å². The van der Waals surface area contributed by atoms with Gasteiger partial charge in [0.25, 0.3) is 0 Å². The van der Waals surface area contributed by atoms with E-state index in [1.807, 2.05) is 37.4 Å². The number of rotatable bonds is 8. The summed E-state index contributed by atoms with van der Waals surface area (Å²) in [7, 11) is 1.85. The van der Waals surface area contributed by atoms with Gasteiger partial charge in [-0.2, -0.15) is 0 Å². The molecule has 0 aromatic heterocycles. The highest BCUT2D eigenvalue weighted by Crippen LogP contribution is 2.09. The quantitative estimate of drug-likeness (QED) is 0.740. The summed E-state index contributed by atoms with van der Waals surface area (Å²) in [5.74, 6) is 0.0983. The van der Waals surface area contributed by atoms with Crippen LogP contribution in [0.3, 0.4) is 0 Å². The van der Waals surface area contributed by atoms with Crippen LogP contribution < -0.4 is 0 Å². The van der Waals surface area contributed by atoms with Crippen LogP contribution in [-0.2, 0) is 16.1 Å². The van der Waals surface area contributed by atoms with Gasteiger partial charge in [0.1, 0.15) is 0 Å². The predicted octanol–water partition coefficient (Wildman–Crippen LogP) is 3.07. The SMILES string of the molecule is CCCC(C)N(C)C(=O)CCN(Cc1ccccc1)C(C)=O. The summed E-state index contributed by atoms with van der Waals surface area (Å²) < 4.78 is 0. The molecular formula is C18H28N2O2. The van der Waals surface area contributed by atoms with Crippen LogP contribution in [0.2, 0.25) is 0 Å². The first-order valence-corrected chi connectivity index (χ1v) is 8.00. The van der Waals surface area contributed by atoms with E-state index in [4.69, 9.17) is 0 Å².